The van der Waals surface area contributed by atoms with Crippen molar-refractivity contribution in [2.24, 2.45) is 0 Å². The third kappa shape index (κ3) is 5.77. The van der Waals surface area contributed by atoms with Crippen molar-refractivity contribution in [2.45, 2.75) is 12.8 Å². The molecule has 0 aromatic heterocycles. The average molecular weight is 131 g/mol. The van der Waals surface area contributed by atoms with Gasteiger partial charge in [-0.15, -0.1) is 11.6 Å². The van der Waals surface area contributed by atoms with Crippen LogP contribution in [-0.2, 0) is 0 Å². The number of unbranched alkanes of at least 4 members (excludes halogenated alkanes) is 1. The van der Waals surface area contributed by atoms with Gasteiger partial charge in [0, 0.05) is 5.88 Å². The molecule has 0 aliphatic carbocycles. The number of halogens is 1. The Hall–Kier alpha value is -0.230. The normalized spacial score (nSPS) is 10.1. The fourth-order valence-electron chi connectivity index (χ4n) is 0.387. The van der Waals surface area contributed by atoms with Gasteiger partial charge in [-0.2, -0.15) is 0 Å². The number of allylic oxidation sites excluding steroid dienone is 3. The molecular weight excluding hydrogens is 120 g/mol. The van der Waals surface area contributed by atoms with Crippen LogP contribution in [0.15, 0.2) is 24.8 Å². The minimum absolute atomic E-state index is 0.751. The van der Waals surface area contributed by atoms with Gasteiger partial charge in [0.05, 0.1) is 0 Å². The Bertz CT molecular complexity index is 74.5. The molecule has 0 unspecified atom stereocenters. The predicted octanol–water partition coefficient (Wildman–Crippen LogP) is 2.75. The number of alkyl halides is 1. The molecule has 0 saturated heterocycles. The molecule has 0 atom stereocenters. The fourth-order valence-corrected chi connectivity index (χ4v) is 0.542. The van der Waals surface area contributed by atoms with E-state index >= 15 is 0 Å². The monoisotopic (exact) mass is 130 g/mol. The van der Waals surface area contributed by atoms with Gasteiger partial charge in [-0.05, 0) is 12.8 Å². The Morgan fingerprint density at radius 2 is 2.25 bits per heavy atom. The van der Waals surface area contributed by atoms with Crippen LogP contribution in [0.2, 0.25) is 0 Å². The Kier molecular flexibility index (Phi) is 6.58. The maximum Gasteiger partial charge on any atom is 0.0226 e. The highest BCUT2D eigenvalue weighted by Gasteiger charge is 1.75. The van der Waals surface area contributed by atoms with Crippen LogP contribution >= 0.6 is 11.6 Å². The zero-order chi connectivity index (χ0) is 6.24. The molecule has 0 aliphatic rings. The topological polar surface area (TPSA) is 0 Å². The Morgan fingerprint density at radius 1 is 1.50 bits per heavy atom. The van der Waals surface area contributed by atoms with Gasteiger partial charge in [0.1, 0.15) is 0 Å². The van der Waals surface area contributed by atoms with E-state index in [2.05, 4.69) is 12.7 Å². The van der Waals surface area contributed by atoms with Crippen LogP contribution < -0.4 is 0 Å². The van der Waals surface area contributed by atoms with E-state index in [0.717, 1.165) is 18.7 Å². The van der Waals surface area contributed by atoms with Gasteiger partial charge in [0.25, 0.3) is 0 Å². The Labute approximate surface area is 55.9 Å². The van der Waals surface area contributed by atoms with Gasteiger partial charge in [-0.1, -0.05) is 24.8 Å². The molecule has 0 bridgehead atoms. The SMILES string of the molecule is C=C/C=C\CCCCl. The minimum atomic E-state index is 0.751. The highest BCUT2D eigenvalue weighted by molar-refractivity contribution is 6.17. The first-order valence-corrected chi connectivity index (χ1v) is 3.28. The maximum atomic E-state index is 5.42. The van der Waals surface area contributed by atoms with Crippen molar-refractivity contribution in [2.75, 3.05) is 5.88 Å². The molecule has 0 amide bonds. The minimum Gasteiger partial charge on any atom is -0.127 e. The second-order valence-corrected chi connectivity index (χ2v) is 1.87. The summed E-state index contributed by atoms with van der Waals surface area (Å²) in [6, 6.07) is 0. The zero-order valence-corrected chi connectivity index (χ0v) is 5.69. The summed E-state index contributed by atoms with van der Waals surface area (Å²) in [6.45, 7) is 3.54. The number of hydrogen-bond acceptors (Lipinski definition) is 0. The fraction of sp³-hybridized carbons (Fsp3) is 0.429. The number of rotatable bonds is 4. The summed E-state index contributed by atoms with van der Waals surface area (Å²) < 4.78 is 0. The van der Waals surface area contributed by atoms with Crippen molar-refractivity contribution in [1.29, 1.82) is 0 Å². The molecule has 0 saturated carbocycles. The first-order chi connectivity index (χ1) is 3.91. The summed E-state index contributed by atoms with van der Waals surface area (Å²) in [4.78, 5) is 0. The summed E-state index contributed by atoms with van der Waals surface area (Å²) >= 11 is 5.42. The van der Waals surface area contributed by atoms with E-state index in [4.69, 9.17) is 11.6 Å². The molecule has 0 N–H and O–H groups in total. The lowest BCUT2D eigenvalue weighted by molar-refractivity contribution is 0.966. The summed E-state index contributed by atoms with van der Waals surface area (Å²) in [5.74, 6) is 0.751. The molecule has 0 heterocycles. The van der Waals surface area contributed by atoms with E-state index in [0.29, 0.717) is 0 Å². The zero-order valence-electron chi connectivity index (χ0n) is 4.94. The van der Waals surface area contributed by atoms with Crippen molar-refractivity contribution >= 4 is 11.6 Å². The van der Waals surface area contributed by atoms with Crippen LogP contribution in [-0.4, -0.2) is 5.88 Å². The lowest BCUT2D eigenvalue weighted by Crippen LogP contribution is -1.68. The Balaban J connectivity index is 2.91. The van der Waals surface area contributed by atoms with E-state index in [-0.39, 0.29) is 0 Å². The average Bonchev–Trinajstić information content (AvgIpc) is 1.81. The Morgan fingerprint density at radius 3 is 2.75 bits per heavy atom. The molecule has 0 fully saturated rings. The molecule has 46 valence electrons. The highest BCUT2D eigenvalue weighted by Crippen LogP contribution is 1.92. The quantitative estimate of drug-likeness (QED) is 0.312. The van der Waals surface area contributed by atoms with Crippen LogP contribution in [0, 0.1) is 0 Å². The summed E-state index contributed by atoms with van der Waals surface area (Å²) in [5, 5.41) is 0. The van der Waals surface area contributed by atoms with Crippen LogP contribution in [0.4, 0.5) is 0 Å². The van der Waals surface area contributed by atoms with E-state index < -0.39 is 0 Å². The van der Waals surface area contributed by atoms with E-state index in [9.17, 15) is 0 Å². The van der Waals surface area contributed by atoms with Crippen molar-refractivity contribution in [3.63, 3.8) is 0 Å². The van der Waals surface area contributed by atoms with Gasteiger partial charge >= 0.3 is 0 Å². The van der Waals surface area contributed by atoms with Gasteiger partial charge in [-0.3, -0.25) is 0 Å². The molecule has 0 aliphatic heterocycles. The largest absolute Gasteiger partial charge is 0.127 e. The first-order valence-electron chi connectivity index (χ1n) is 2.75. The molecule has 0 aromatic rings. The summed E-state index contributed by atoms with van der Waals surface area (Å²) in [6.07, 6.45) is 7.90. The smallest absolute Gasteiger partial charge is 0.0226 e. The van der Waals surface area contributed by atoms with Crippen LogP contribution in [0.5, 0.6) is 0 Å². The van der Waals surface area contributed by atoms with Crippen molar-refractivity contribution < 1.29 is 0 Å². The second-order valence-electron chi connectivity index (χ2n) is 1.50. The first kappa shape index (κ1) is 7.77. The van der Waals surface area contributed by atoms with Crippen LogP contribution in [0.1, 0.15) is 12.8 Å². The highest BCUT2D eigenvalue weighted by atomic mass is 35.5. The van der Waals surface area contributed by atoms with Gasteiger partial charge < -0.3 is 0 Å². The van der Waals surface area contributed by atoms with E-state index in [1.807, 2.05) is 6.08 Å². The third-order valence-electron chi connectivity index (χ3n) is 0.777. The van der Waals surface area contributed by atoms with Gasteiger partial charge in [0.2, 0.25) is 0 Å². The lowest BCUT2D eigenvalue weighted by atomic mass is 10.3. The molecule has 0 radical (unpaired) electrons. The number of hydrogen-bond donors (Lipinski definition) is 0. The second kappa shape index (κ2) is 6.77. The van der Waals surface area contributed by atoms with Crippen LogP contribution in [0.25, 0.3) is 0 Å². The molecule has 0 rings (SSSR count). The molecule has 0 nitrogen and oxygen atoms in total. The summed E-state index contributed by atoms with van der Waals surface area (Å²) in [7, 11) is 0. The standard InChI is InChI=1S/C7H11Cl/c1-2-3-4-5-6-7-8/h2-4H,1,5-7H2/b4-3-. The van der Waals surface area contributed by atoms with Gasteiger partial charge in [0.15, 0.2) is 0 Å². The molecule has 0 aromatic carbocycles. The van der Waals surface area contributed by atoms with E-state index in [1.165, 1.54) is 0 Å². The van der Waals surface area contributed by atoms with Crippen molar-refractivity contribution in [3.05, 3.63) is 24.8 Å². The molecule has 8 heavy (non-hydrogen) atoms. The summed E-state index contributed by atoms with van der Waals surface area (Å²) in [5.41, 5.74) is 0. The predicted molar refractivity (Wildman–Crippen MR) is 39.3 cm³/mol. The van der Waals surface area contributed by atoms with Crippen molar-refractivity contribution in [3.8, 4) is 0 Å². The van der Waals surface area contributed by atoms with Gasteiger partial charge in [-0.25, -0.2) is 0 Å². The molecular formula is C7H11Cl. The maximum absolute atomic E-state index is 5.42. The van der Waals surface area contributed by atoms with E-state index in [1.54, 1.807) is 6.08 Å². The third-order valence-corrected chi connectivity index (χ3v) is 1.04. The van der Waals surface area contributed by atoms with Crippen molar-refractivity contribution in [1.82, 2.24) is 0 Å². The van der Waals surface area contributed by atoms with Crippen LogP contribution in [0.3, 0.4) is 0 Å². The molecule has 1 heteroatoms. The lowest BCUT2D eigenvalue weighted by Gasteiger charge is -1.82. The molecule has 0 spiro atoms.